The van der Waals surface area contributed by atoms with Gasteiger partial charge in [-0.1, -0.05) is 6.42 Å². The van der Waals surface area contributed by atoms with Gasteiger partial charge in [-0.3, -0.25) is 0 Å². The van der Waals surface area contributed by atoms with E-state index in [4.69, 9.17) is 16.3 Å². The minimum Gasteiger partial charge on any atom is -0.478 e. The quantitative estimate of drug-likeness (QED) is 0.563. The molecule has 1 rings (SSSR count). The van der Waals surface area contributed by atoms with Gasteiger partial charge in [0.1, 0.15) is 0 Å². The molecule has 5 heteroatoms. The van der Waals surface area contributed by atoms with Gasteiger partial charge in [0.05, 0.1) is 6.61 Å². The van der Waals surface area contributed by atoms with Gasteiger partial charge < -0.3 is 10.1 Å². The molecule has 0 fully saturated rings. The molecular weight excluding hydrogens is 226 g/mol. The molecule has 1 heterocycles. The summed E-state index contributed by atoms with van der Waals surface area (Å²) in [6.45, 7) is 3.42. The second-order valence-electron chi connectivity index (χ2n) is 3.33. The Hall–Kier alpha value is -1.03. The van der Waals surface area contributed by atoms with Gasteiger partial charge in [0, 0.05) is 24.7 Å². The van der Waals surface area contributed by atoms with Gasteiger partial charge in [-0.15, -0.1) is 11.6 Å². The molecule has 4 nitrogen and oxygen atoms in total. The van der Waals surface area contributed by atoms with Gasteiger partial charge in [0.25, 0.3) is 0 Å². The smallest absolute Gasteiger partial charge is 0.225 e. The van der Waals surface area contributed by atoms with Crippen LogP contribution in [0.15, 0.2) is 12.3 Å². The van der Waals surface area contributed by atoms with E-state index in [0.717, 1.165) is 31.7 Å². The average Bonchev–Trinajstić information content (AvgIpc) is 2.30. The third kappa shape index (κ3) is 5.16. The summed E-state index contributed by atoms with van der Waals surface area (Å²) < 4.78 is 5.28. The predicted octanol–water partition coefficient (Wildman–Crippen LogP) is 2.70. The third-order valence-corrected chi connectivity index (χ3v) is 2.28. The minimum atomic E-state index is 0.612. The molecule has 0 radical (unpaired) electrons. The van der Waals surface area contributed by atoms with E-state index < -0.39 is 0 Å². The maximum atomic E-state index is 5.59. The number of unbranched alkanes of at least 4 members (excludes halogenated alkanes) is 2. The number of hydrogen-bond donors (Lipinski definition) is 1. The summed E-state index contributed by atoms with van der Waals surface area (Å²) in [6.07, 6.45) is 4.96. The molecule has 0 saturated carbocycles. The van der Waals surface area contributed by atoms with Crippen molar-refractivity contribution in [3.63, 3.8) is 0 Å². The zero-order chi connectivity index (χ0) is 11.6. The van der Waals surface area contributed by atoms with Crippen molar-refractivity contribution in [3.05, 3.63) is 12.3 Å². The Bertz CT molecular complexity index is 296. The van der Waals surface area contributed by atoms with Crippen molar-refractivity contribution in [2.75, 3.05) is 24.3 Å². The number of halogens is 1. The summed E-state index contributed by atoms with van der Waals surface area (Å²) in [7, 11) is 0. The fourth-order valence-corrected chi connectivity index (χ4v) is 1.44. The number of anilines is 1. The average molecular weight is 244 g/mol. The van der Waals surface area contributed by atoms with Crippen molar-refractivity contribution in [2.24, 2.45) is 0 Å². The van der Waals surface area contributed by atoms with Gasteiger partial charge in [-0.25, -0.2) is 4.98 Å². The summed E-state index contributed by atoms with van der Waals surface area (Å²) in [4.78, 5) is 8.32. The van der Waals surface area contributed by atoms with Crippen LogP contribution in [0.25, 0.3) is 0 Å². The summed E-state index contributed by atoms with van der Waals surface area (Å²) >= 11 is 5.59. The van der Waals surface area contributed by atoms with Gasteiger partial charge in [0.2, 0.25) is 11.8 Å². The lowest BCUT2D eigenvalue weighted by Crippen LogP contribution is -2.06. The first kappa shape index (κ1) is 13.0. The highest BCUT2D eigenvalue weighted by Gasteiger charge is 1.98. The fraction of sp³-hybridized carbons (Fsp3) is 0.636. The number of ether oxygens (including phenoxy) is 1. The van der Waals surface area contributed by atoms with Crippen molar-refractivity contribution < 1.29 is 4.74 Å². The first-order chi connectivity index (χ1) is 7.86. The van der Waals surface area contributed by atoms with Crippen molar-refractivity contribution >= 4 is 17.5 Å². The zero-order valence-electron chi connectivity index (χ0n) is 9.58. The van der Waals surface area contributed by atoms with E-state index in [9.17, 15) is 0 Å². The molecule has 0 unspecified atom stereocenters. The Morgan fingerprint density at radius 2 is 2.25 bits per heavy atom. The lowest BCUT2D eigenvalue weighted by atomic mass is 10.2. The Morgan fingerprint density at radius 3 is 3.00 bits per heavy atom. The lowest BCUT2D eigenvalue weighted by Gasteiger charge is -2.06. The maximum Gasteiger partial charge on any atom is 0.225 e. The van der Waals surface area contributed by atoms with Crippen LogP contribution in [0.4, 0.5) is 5.95 Å². The molecule has 0 spiro atoms. The molecule has 1 N–H and O–H groups in total. The molecule has 16 heavy (non-hydrogen) atoms. The van der Waals surface area contributed by atoms with Gasteiger partial charge in [-0.2, -0.15) is 4.98 Å². The standard InChI is InChI=1S/C11H18ClN3O/c1-2-16-10-6-9-14-11(15-10)13-8-5-3-4-7-12/h6,9H,2-5,7-8H2,1H3,(H,13,14,15). The second-order valence-corrected chi connectivity index (χ2v) is 3.71. The zero-order valence-corrected chi connectivity index (χ0v) is 10.3. The largest absolute Gasteiger partial charge is 0.478 e. The molecule has 0 amide bonds. The monoisotopic (exact) mass is 243 g/mol. The molecule has 0 aliphatic rings. The van der Waals surface area contributed by atoms with Crippen LogP contribution in [-0.4, -0.2) is 29.0 Å². The number of aromatic nitrogens is 2. The van der Waals surface area contributed by atoms with Crippen molar-refractivity contribution in [3.8, 4) is 5.88 Å². The molecule has 0 bridgehead atoms. The van der Waals surface area contributed by atoms with Crippen LogP contribution < -0.4 is 10.1 Å². The summed E-state index contributed by atoms with van der Waals surface area (Å²) in [5.74, 6) is 1.97. The summed E-state index contributed by atoms with van der Waals surface area (Å²) in [6, 6.07) is 1.75. The Balaban J connectivity index is 2.27. The number of rotatable bonds is 8. The second kappa shape index (κ2) is 8.16. The third-order valence-electron chi connectivity index (χ3n) is 2.02. The van der Waals surface area contributed by atoms with E-state index in [0.29, 0.717) is 18.4 Å². The van der Waals surface area contributed by atoms with Gasteiger partial charge in [-0.05, 0) is 19.8 Å². The van der Waals surface area contributed by atoms with E-state index in [1.165, 1.54) is 0 Å². The highest BCUT2D eigenvalue weighted by atomic mass is 35.5. The van der Waals surface area contributed by atoms with Crippen molar-refractivity contribution in [2.45, 2.75) is 26.2 Å². The highest BCUT2D eigenvalue weighted by molar-refractivity contribution is 6.17. The molecule has 1 aromatic rings. The van der Waals surface area contributed by atoms with E-state index in [2.05, 4.69) is 15.3 Å². The maximum absolute atomic E-state index is 5.59. The lowest BCUT2D eigenvalue weighted by molar-refractivity contribution is 0.326. The normalized spacial score (nSPS) is 10.1. The predicted molar refractivity (Wildman–Crippen MR) is 66.3 cm³/mol. The minimum absolute atomic E-state index is 0.612. The molecule has 1 aromatic heterocycles. The van der Waals surface area contributed by atoms with E-state index in [1.807, 2.05) is 6.92 Å². The molecule has 0 aromatic carbocycles. The Morgan fingerprint density at radius 1 is 1.38 bits per heavy atom. The van der Waals surface area contributed by atoms with E-state index in [1.54, 1.807) is 12.3 Å². The van der Waals surface area contributed by atoms with Crippen LogP contribution in [0.5, 0.6) is 5.88 Å². The first-order valence-corrected chi connectivity index (χ1v) is 6.16. The Kier molecular flexibility index (Phi) is 6.65. The molecule has 0 aliphatic heterocycles. The number of nitrogens with one attached hydrogen (secondary N) is 1. The number of hydrogen-bond acceptors (Lipinski definition) is 4. The van der Waals surface area contributed by atoms with E-state index in [-0.39, 0.29) is 0 Å². The van der Waals surface area contributed by atoms with Crippen LogP contribution in [0.1, 0.15) is 26.2 Å². The van der Waals surface area contributed by atoms with Crippen LogP contribution in [0, 0.1) is 0 Å². The molecule has 0 atom stereocenters. The topological polar surface area (TPSA) is 47.0 Å². The van der Waals surface area contributed by atoms with E-state index >= 15 is 0 Å². The fourth-order valence-electron chi connectivity index (χ4n) is 1.25. The van der Waals surface area contributed by atoms with Crippen molar-refractivity contribution in [1.29, 1.82) is 0 Å². The SMILES string of the molecule is CCOc1ccnc(NCCCCCCl)n1. The van der Waals surface area contributed by atoms with Crippen LogP contribution in [-0.2, 0) is 0 Å². The summed E-state index contributed by atoms with van der Waals surface area (Å²) in [5.41, 5.74) is 0. The number of nitrogens with zero attached hydrogens (tertiary/aromatic N) is 2. The van der Waals surface area contributed by atoms with Crippen molar-refractivity contribution in [1.82, 2.24) is 9.97 Å². The molecular formula is C11H18ClN3O. The van der Waals surface area contributed by atoms with Crippen LogP contribution >= 0.6 is 11.6 Å². The number of alkyl halides is 1. The molecule has 0 aliphatic carbocycles. The van der Waals surface area contributed by atoms with Crippen LogP contribution in [0.3, 0.4) is 0 Å². The highest BCUT2D eigenvalue weighted by Crippen LogP contribution is 2.08. The first-order valence-electron chi connectivity index (χ1n) is 5.62. The van der Waals surface area contributed by atoms with Crippen LogP contribution in [0.2, 0.25) is 0 Å². The van der Waals surface area contributed by atoms with Gasteiger partial charge in [0.15, 0.2) is 0 Å². The summed E-state index contributed by atoms with van der Waals surface area (Å²) in [5, 5.41) is 3.16. The van der Waals surface area contributed by atoms with Gasteiger partial charge >= 0.3 is 0 Å². The molecule has 0 saturated heterocycles. The Labute approximate surface area is 101 Å². The molecule has 90 valence electrons.